The van der Waals surface area contributed by atoms with Crippen molar-refractivity contribution < 1.29 is 27.8 Å². The van der Waals surface area contributed by atoms with Crippen molar-refractivity contribution in [1.29, 1.82) is 0 Å². The number of hydrogen-bond acceptors (Lipinski definition) is 4. The summed E-state index contributed by atoms with van der Waals surface area (Å²) in [6, 6.07) is 15.8. The number of ether oxygens (including phenoxy) is 1. The number of alkyl halides is 3. The van der Waals surface area contributed by atoms with Gasteiger partial charge in [-0.3, -0.25) is 4.79 Å². The van der Waals surface area contributed by atoms with Gasteiger partial charge in [-0.05, 0) is 48.4 Å². The molecule has 0 saturated heterocycles. The highest BCUT2D eigenvalue weighted by molar-refractivity contribution is 5.71. The van der Waals surface area contributed by atoms with E-state index in [1.165, 1.54) is 19.2 Å². The lowest BCUT2D eigenvalue weighted by Crippen LogP contribution is -2.12. The van der Waals surface area contributed by atoms with Gasteiger partial charge in [-0.1, -0.05) is 24.3 Å². The molecule has 3 aromatic rings. The van der Waals surface area contributed by atoms with Gasteiger partial charge in [-0.25, -0.2) is 4.98 Å². The monoisotopic (exact) mass is 430 g/mol. The summed E-state index contributed by atoms with van der Waals surface area (Å²) in [5.41, 5.74) is 2.77. The Morgan fingerprint density at radius 3 is 2.23 bits per heavy atom. The highest BCUT2D eigenvalue weighted by Crippen LogP contribution is 2.35. The van der Waals surface area contributed by atoms with E-state index in [1.54, 1.807) is 12.1 Å². The van der Waals surface area contributed by atoms with Gasteiger partial charge in [-0.15, -0.1) is 0 Å². The van der Waals surface area contributed by atoms with E-state index >= 15 is 0 Å². The maximum absolute atomic E-state index is 12.8. The van der Waals surface area contributed by atoms with E-state index in [9.17, 15) is 18.0 Å². The zero-order valence-corrected chi connectivity index (χ0v) is 17.0. The Labute approximate surface area is 177 Å². The fraction of sp³-hybridized carbons (Fsp3) is 0.217. The number of aliphatic carboxylic acids is 1. The first-order valence-corrected chi connectivity index (χ1v) is 9.46. The number of nitrogens with zero attached hydrogens (tertiary/aromatic N) is 2. The first-order chi connectivity index (χ1) is 14.7. The van der Waals surface area contributed by atoms with E-state index in [2.05, 4.69) is 4.98 Å². The third-order valence-electron chi connectivity index (χ3n) is 4.85. The quantitative estimate of drug-likeness (QED) is 0.532. The third-order valence-corrected chi connectivity index (χ3v) is 4.85. The topological polar surface area (TPSA) is 62.7 Å². The standard InChI is InChI=1S/C23H21F3N2O3/c1-28(18-10-3-15(4-11-18)5-14-21(29)30)20-13-12-19(27-22(20)31-2)16-6-8-17(9-7-16)23(24,25)26/h3-4,6-13H,5,14H2,1-2H3,(H,29,30). The number of methoxy groups -OCH3 is 1. The smallest absolute Gasteiger partial charge is 0.416 e. The Balaban J connectivity index is 1.83. The Bertz CT molecular complexity index is 1050. The van der Waals surface area contributed by atoms with Crippen LogP contribution in [0.2, 0.25) is 0 Å². The average molecular weight is 430 g/mol. The summed E-state index contributed by atoms with van der Waals surface area (Å²) >= 11 is 0. The van der Waals surface area contributed by atoms with Gasteiger partial charge in [0.15, 0.2) is 0 Å². The number of carboxylic acids is 1. The fourth-order valence-corrected chi connectivity index (χ4v) is 3.11. The highest BCUT2D eigenvalue weighted by atomic mass is 19.4. The molecule has 0 saturated carbocycles. The number of aromatic nitrogens is 1. The van der Waals surface area contributed by atoms with Crippen LogP contribution in [0.3, 0.4) is 0 Å². The van der Waals surface area contributed by atoms with Gasteiger partial charge < -0.3 is 14.7 Å². The molecule has 1 heterocycles. The molecule has 0 aliphatic carbocycles. The van der Waals surface area contributed by atoms with Gasteiger partial charge in [0, 0.05) is 24.7 Å². The van der Waals surface area contributed by atoms with Gasteiger partial charge >= 0.3 is 12.1 Å². The predicted octanol–water partition coefficient (Wildman–Crippen LogP) is 5.56. The Hall–Kier alpha value is -3.55. The molecule has 1 N–H and O–H groups in total. The van der Waals surface area contributed by atoms with Gasteiger partial charge in [-0.2, -0.15) is 13.2 Å². The van der Waals surface area contributed by atoms with E-state index in [4.69, 9.17) is 9.84 Å². The zero-order chi connectivity index (χ0) is 22.6. The normalized spacial score (nSPS) is 11.3. The average Bonchev–Trinajstić information content (AvgIpc) is 2.76. The third kappa shape index (κ3) is 5.33. The second kappa shape index (κ2) is 9.07. The molecular weight excluding hydrogens is 409 g/mol. The van der Waals surface area contributed by atoms with Crippen molar-refractivity contribution in [3.8, 4) is 17.1 Å². The van der Waals surface area contributed by atoms with Gasteiger partial charge in [0.25, 0.3) is 0 Å². The number of carboxylic acid groups (broad SMARTS) is 1. The first-order valence-electron chi connectivity index (χ1n) is 9.46. The summed E-state index contributed by atoms with van der Waals surface area (Å²) in [7, 11) is 3.31. The number of hydrogen-bond donors (Lipinski definition) is 1. The molecular formula is C23H21F3N2O3. The summed E-state index contributed by atoms with van der Waals surface area (Å²) in [4.78, 5) is 17.0. The van der Waals surface area contributed by atoms with Gasteiger partial charge in [0.05, 0.1) is 18.4 Å². The lowest BCUT2D eigenvalue weighted by Gasteiger charge is -2.22. The van der Waals surface area contributed by atoms with Crippen molar-refractivity contribution in [3.63, 3.8) is 0 Å². The molecule has 1 aromatic heterocycles. The number of rotatable bonds is 7. The van der Waals surface area contributed by atoms with Crippen molar-refractivity contribution in [2.75, 3.05) is 19.1 Å². The second-order valence-electron chi connectivity index (χ2n) is 6.92. The number of carbonyl (C=O) groups is 1. The molecule has 8 heteroatoms. The number of halogens is 3. The Morgan fingerprint density at radius 1 is 1.03 bits per heavy atom. The van der Waals surface area contributed by atoms with E-state index in [-0.39, 0.29) is 6.42 Å². The molecule has 5 nitrogen and oxygen atoms in total. The summed E-state index contributed by atoms with van der Waals surface area (Å²) in [6.45, 7) is 0. The van der Waals surface area contributed by atoms with Crippen LogP contribution in [-0.4, -0.2) is 30.2 Å². The van der Waals surface area contributed by atoms with E-state index in [1.807, 2.05) is 36.2 Å². The van der Waals surface area contributed by atoms with Crippen LogP contribution in [0.15, 0.2) is 60.7 Å². The van der Waals surface area contributed by atoms with Crippen molar-refractivity contribution in [2.45, 2.75) is 19.0 Å². The fourth-order valence-electron chi connectivity index (χ4n) is 3.11. The Morgan fingerprint density at radius 2 is 1.68 bits per heavy atom. The lowest BCUT2D eigenvalue weighted by atomic mass is 10.1. The largest absolute Gasteiger partial charge is 0.481 e. The lowest BCUT2D eigenvalue weighted by molar-refractivity contribution is -0.138. The van der Waals surface area contributed by atoms with Crippen molar-refractivity contribution in [2.24, 2.45) is 0 Å². The summed E-state index contributed by atoms with van der Waals surface area (Å²) in [5.74, 6) is -0.514. The molecule has 162 valence electrons. The van der Waals surface area contributed by atoms with E-state index < -0.39 is 17.7 Å². The van der Waals surface area contributed by atoms with Crippen molar-refractivity contribution >= 4 is 17.3 Å². The van der Waals surface area contributed by atoms with Gasteiger partial charge in [0.2, 0.25) is 5.88 Å². The van der Waals surface area contributed by atoms with Crippen LogP contribution in [-0.2, 0) is 17.4 Å². The number of anilines is 2. The second-order valence-corrected chi connectivity index (χ2v) is 6.92. The maximum atomic E-state index is 12.8. The molecule has 0 aliphatic rings. The molecule has 31 heavy (non-hydrogen) atoms. The van der Waals surface area contributed by atoms with Crippen LogP contribution in [0.1, 0.15) is 17.5 Å². The highest BCUT2D eigenvalue weighted by Gasteiger charge is 2.30. The van der Waals surface area contributed by atoms with Crippen molar-refractivity contribution in [3.05, 3.63) is 71.8 Å². The molecule has 0 bridgehead atoms. The maximum Gasteiger partial charge on any atom is 0.416 e. The molecule has 3 rings (SSSR count). The molecule has 0 amide bonds. The summed E-state index contributed by atoms with van der Waals surface area (Å²) < 4.78 is 43.8. The molecule has 0 fully saturated rings. The van der Waals surface area contributed by atoms with E-state index in [0.29, 0.717) is 29.2 Å². The minimum Gasteiger partial charge on any atom is -0.481 e. The molecule has 0 unspecified atom stereocenters. The van der Waals surface area contributed by atoms with Crippen LogP contribution in [0, 0.1) is 0 Å². The molecule has 0 spiro atoms. The van der Waals surface area contributed by atoms with Crippen LogP contribution < -0.4 is 9.64 Å². The van der Waals surface area contributed by atoms with Crippen LogP contribution in [0.4, 0.5) is 24.5 Å². The van der Waals surface area contributed by atoms with Gasteiger partial charge in [0.1, 0.15) is 5.69 Å². The molecule has 2 aromatic carbocycles. The minimum atomic E-state index is -4.39. The molecule has 0 aliphatic heterocycles. The van der Waals surface area contributed by atoms with Crippen LogP contribution in [0.25, 0.3) is 11.3 Å². The van der Waals surface area contributed by atoms with Crippen molar-refractivity contribution in [1.82, 2.24) is 4.98 Å². The number of benzene rings is 2. The summed E-state index contributed by atoms with van der Waals surface area (Å²) in [5, 5.41) is 8.80. The summed E-state index contributed by atoms with van der Waals surface area (Å²) in [6.07, 6.45) is -3.87. The zero-order valence-electron chi connectivity index (χ0n) is 17.0. The number of aryl methyl sites for hydroxylation is 1. The predicted molar refractivity (Wildman–Crippen MR) is 112 cm³/mol. The number of pyridine rings is 1. The van der Waals surface area contributed by atoms with E-state index in [0.717, 1.165) is 23.4 Å². The Kier molecular flexibility index (Phi) is 6.48. The van der Waals surface area contributed by atoms with Crippen LogP contribution in [0.5, 0.6) is 5.88 Å². The minimum absolute atomic E-state index is 0.0678. The first kappa shape index (κ1) is 22.1. The SMILES string of the molecule is COc1nc(-c2ccc(C(F)(F)F)cc2)ccc1N(C)c1ccc(CCC(=O)O)cc1. The molecule has 0 atom stereocenters. The van der Waals surface area contributed by atoms with Crippen LogP contribution >= 0.6 is 0 Å². The molecule has 0 radical (unpaired) electrons.